The number of para-hydroxylation sites is 1. The lowest BCUT2D eigenvalue weighted by molar-refractivity contribution is -0.116. The topological polar surface area (TPSA) is 76.3 Å². The summed E-state index contributed by atoms with van der Waals surface area (Å²) < 4.78 is 1.74. The summed E-state index contributed by atoms with van der Waals surface area (Å²) in [6, 6.07) is 7.44. The van der Waals surface area contributed by atoms with Gasteiger partial charge in [0.25, 0.3) is 0 Å². The normalized spacial score (nSPS) is 10.3. The molecule has 0 atom stereocenters. The molecule has 1 aromatic carbocycles. The molecule has 2 heterocycles. The maximum Gasteiger partial charge on any atom is 0.246 e. The van der Waals surface area contributed by atoms with Crippen LogP contribution in [0.1, 0.15) is 0 Å². The quantitative estimate of drug-likeness (QED) is 0.594. The Kier molecular flexibility index (Phi) is 3.59. The van der Waals surface area contributed by atoms with E-state index in [1.807, 2.05) is 24.3 Å². The number of nitrogens with zero attached hydrogens (tertiary/aromatic N) is 3. The van der Waals surface area contributed by atoms with Crippen LogP contribution in [0.2, 0.25) is 0 Å². The van der Waals surface area contributed by atoms with E-state index >= 15 is 0 Å². The van der Waals surface area contributed by atoms with Crippen LogP contribution in [-0.2, 0) is 16.1 Å². The van der Waals surface area contributed by atoms with Crippen molar-refractivity contribution in [3.63, 3.8) is 0 Å². The molecule has 0 radical (unpaired) electrons. The number of rotatable bonds is 4. The molecule has 0 saturated carbocycles. The summed E-state index contributed by atoms with van der Waals surface area (Å²) in [5, 5.41) is 5.87. The second-order valence-corrected chi connectivity index (χ2v) is 5.14. The molecule has 2 aromatic heterocycles. The van der Waals surface area contributed by atoms with Crippen molar-refractivity contribution < 1.29 is 9.59 Å². The van der Waals surface area contributed by atoms with Crippen LogP contribution < -0.4 is 5.32 Å². The van der Waals surface area contributed by atoms with Crippen molar-refractivity contribution in [1.82, 2.24) is 9.55 Å². The molecule has 0 aliphatic rings. The van der Waals surface area contributed by atoms with E-state index in [1.165, 1.54) is 17.4 Å². The molecular weight excluding hydrogens is 288 g/mol. The van der Waals surface area contributed by atoms with Gasteiger partial charge >= 0.3 is 0 Å². The van der Waals surface area contributed by atoms with Crippen molar-refractivity contribution in [3.05, 3.63) is 42.0 Å². The van der Waals surface area contributed by atoms with E-state index in [0.29, 0.717) is 10.8 Å². The molecule has 21 heavy (non-hydrogen) atoms. The number of thiazole rings is 1. The number of nitrogens with one attached hydrogen (secondary N) is 1. The van der Waals surface area contributed by atoms with Crippen molar-refractivity contribution in [1.29, 1.82) is 0 Å². The van der Waals surface area contributed by atoms with Crippen molar-refractivity contribution in [2.24, 2.45) is 4.99 Å². The molecule has 1 amide bonds. The highest BCUT2D eigenvalue weighted by atomic mass is 32.1. The first kappa shape index (κ1) is 13.2. The first-order valence-electron chi connectivity index (χ1n) is 6.13. The van der Waals surface area contributed by atoms with Gasteiger partial charge in [0.15, 0.2) is 5.13 Å². The summed E-state index contributed by atoms with van der Waals surface area (Å²) in [6.45, 7) is 0.120. The van der Waals surface area contributed by atoms with Crippen LogP contribution in [0.15, 0.2) is 47.0 Å². The van der Waals surface area contributed by atoms with Gasteiger partial charge in [-0.25, -0.2) is 9.78 Å². The molecule has 0 aliphatic carbocycles. The Morgan fingerprint density at radius 3 is 3.05 bits per heavy atom. The van der Waals surface area contributed by atoms with Crippen molar-refractivity contribution >= 4 is 45.0 Å². The van der Waals surface area contributed by atoms with Gasteiger partial charge in [-0.3, -0.25) is 4.79 Å². The first-order valence-corrected chi connectivity index (χ1v) is 7.01. The largest absolute Gasteiger partial charge is 0.336 e. The number of aliphatic imine (C=N–C) groups is 1. The van der Waals surface area contributed by atoms with E-state index in [0.717, 1.165) is 10.9 Å². The predicted octanol–water partition coefficient (Wildman–Crippen LogP) is 2.70. The number of anilines is 1. The molecule has 0 spiro atoms. The number of isocyanates is 1. The second-order valence-electron chi connectivity index (χ2n) is 4.25. The molecular formula is C14H10N4O2S. The Bertz CT molecular complexity index is 832. The number of hydrogen-bond donors (Lipinski definition) is 1. The van der Waals surface area contributed by atoms with Gasteiger partial charge in [0, 0.05) is 23.2 Å². The summed E-state index contributed by atoms with van der Waals surface area (Å²) in [6.07, 6.45) is 4.82. The molecule has 6 nitrogen and oxygen atoms in total. The highest BCUT2D eigenvalue weighted by Crippen LogP contribution is 2.27. The van der Waals surface area contributed by atoms with Crippen molar-refractivity contribution in [2.75, 3.05) is 5.32 Å². The molecule has 3 rings (SSSR count). The highest BCUT2D eigenvalue weighted by molar-refractivity contribution is 7.13. The summed E-state index contributed by atoms with van der Waals surface area (Å²) in [7, 11) is 0. The third-order valence-corrected chi connectivity index (χ3v) is 3.61. The van der Waals surface area contributed by atoms with Crippen LogP contribution in [0.4, 0.5) is 10.8 Å². The third kappa shape index (κ3) is 2.74. The van der Waals surface area contributed by atoms with E-state index in [-0.39, 0.29) is 12.5 Å². The molecule has 0 bridgehead atoms. The SMILES string of the molecule is O=C=Nc1cn(CC(=O)Nc2nccs2)c2ccccc12. The van der Waals surface area contributed by atoms with E-state index in [1.54, 1.807) is 22.3 Å². The Labute approximate surface area is 123 Å². The highest BCUT2D eigenvalue weighted by Gasteiger charge is 2.11. The van der Waals surface area contributed by atoms with Gasteiger partial charge < -0.3 is 9.88 Å². The number of carbonyl (C=O) groups is 1. The number of aromatic nitrogens is 2. The zero-order valence-electron chi connectivity index (χ0n) is 10.8. The lowest BCUT2D eigenvalue weighted by Crippen LogP contribution is -2.17. The smallest absolute Gasteiger partial charge is 0.246 e. The average Bonchev–Trinajstić information content (AvgIpc) is 3.09. The monoisotopic (exact) mass is 298 g/mol. The Balaban J connectivity index is 1.90. The van der Waals surface area contributed by atoms with Crippen LogP contribution in [0.5, 0.6) is 0 Å². The van der Waals surface area contributed by atoms with Gasteiger partial charge in [-0.05, 0) is 6.07 Å². The van der Waals surface area contributed by atoms with E-state index in [2.05, 4.69) is 15.3 Å². The minimum atomic E-state index is -0.188. The molecule has 7 heteroatoms. The molecule has 0 fully saturated rings. The van der Waals surface area contributed by atoms with E-state index < -0.39 is 0 Å². The summed E-state index contributed by atoms with van der Waals surface area (Å²) in [5.74, 6) is -0.188. The minimum absolute atomic E-state index is 0.120. The van der Waals surface area contributed by atoms with Crippen LogP contribution in [0, 0.1) is 0 Å². The Morgan fingerprint density at radius 2 is 2.29 bits per heavy atom. The lowest BCUT2D eigenvalue weighted by Gasteiger charge is -2.04. The van der Waals surface area contributed by atoms with Crippen molar-refractivity contribution in [3.8, 4) is 0 Å². The molecule has 104 valence electrons. The van der Waals surface area contributed by atoms with Gasteiger partial charge in [-0.1, -0.05) is 18.2 Å². The number of fused-ring (bicyclic) bond motifs is 1. The standard InChI is InChI=1S/C14H10N4O2S/c19-9-16-11-7-18(12-4-2-1-3-10(11)12)8-13(20)17-14-15-5-6-21-14/h1-7H,8H2,(H,15,17,20). The molecule has 0 aliphatic heterocycles. The minimum Gasteiger partial charge on any atom is -0.336 e. The third-order valence-electron chi connectivity index (χ3n) is 2.93. The van der Waals surface area contributed by atoms with Gasteiger partial charge in [0.2, 0.25) is 12.0 Å². The number of carbonyl (C=O) groups excluding carboxylic acids is 2. The van der Waals surface area contributed by atoms with Gasteiger partial charge in [-0.2, -0.15) is 4.99 Å². The maximum atomic E-state index is 12.0. The zero-order chi connectivity index (χ0) is 14.7. The number of benzene rings is 1. The Hall–Kier alpha value is -2.76. The van der Waals surface area contributed by atoms with Gasteiger partial charge in [0.1, 0.15) is 12.2 Å². The van der Waals surface area contributed by atoms with Gasteiger partial charge in [0.05, 0.1) is 5.52 Å². The van der Waals surface area contributed by atoms with Crippen molar-refractivity contribution in [2.45, 2.75) is 6.54 Å². The second kappa shape index (κ2) is 5.70. The fraction of sp³-hybridized carbons (Fsp3) is 0.0714. The van der Waals surface area contributed by atoms with Crippen LogP contribution in [-0.4, -0.2) is 21.5 Å². The molecule has 3 aromatic rings. The zero-order valence-corrected chi connectivity index (χ0v) is 11.6. The van der Waals surface area contributed by atoms with Crippen LogP contribution >= 0.6 is 11.3 Å². The lowest BCUT2D eigenvalue weighted by atomic mass is 10.2. The number of hydrogen-bond acceptors (Lipinski definition) is 5. The number of amides is 1. The fourth-order valence-electron chi connectivity index (χ4n) is 2.10. The molecule has 0 saturated heterocycles. The maximum absolute atomic E-state index is 12.0. The van der Waals surface area contributed by atoms with E-state index in [4.69, 9.17) is 0 Å². The van der Waals surface area contributed by atoms with Crippen LogP contribution in [0.3, 0.4) is 0 Å². The first-order chi connectivity index (χ1) is 10.3. The fourth-order valence-corrected chi connectivity index (χ4v) is 2.64. The molecule has 0 unspecified atom stereocenters. The van der Waals surface area contributed by atoms with Crippen LogP contribution in [0.25, 0.3) is 10.9 Å². The van der Waals surface area contributed by atoms with Gasteiger partial charge in [-0.15, -0.1) is 11.3 Å². The summed E-state index contributed by atoms with van der Waals surface area (Å²) in [4.78, 5) is 30.2. The summed E-state index contributed by atoms with van der Waals surface area (Å²) >= 11 is 1.36. The molecule has 1 N–H and O–H groups in total. The summed E-state index contributed by atoms with van der Waals surface area (Å²) in [5.41, 5.74) is 1.34. The Morgan fingerprint density at radius 1 is 1.43 bits per heavy atom. The average molecular weight is 298 g/mol. The van der Waals surface area contributed by atoms with E-state index in [9.17, 15) is 9.59 Å². The predicted molar refractivity (Wildman–Crippen MR) is 80.5 cm³/mol.